The van der Waals surface area contributed by atoms with E-state index in [1.54, 1.807) is 31.2 Å². The molecule has 3 rings (SSSR count). The van der Waals surface area contributed by atoms with Gasteiger partial charge in [0, 0.05) is 42.0 Å². The van der Waals surface area contributed by atoms with E-state index in [9.17, 15) is 23.5 Å². The van der Waals surface area contributed by atoms with Crippen LogP contribution in [0.1, 0.15) is 16.8 Å². The van der Waals surface area contributed by atoms with Crippen LogP contribution in [0.3, 0.4) is 0 Å². The third-order valence-corrected chi connectivity index (χ3v) is 4.65. The molecule has 1 heterocycles. The molecule has 156 valence electrons. The van der Waals surface area contributed by atoms with Crippen LogP contribution < -0.4 is 10.9 Å². The summed E-state index contributed by atoms with van der Waals surface area (Å²) in [7, 11) is 0. The Bertz CT molecular complexity index is 1130. The van der Waals surface area contributed by atoms with Crippen molar-refractivity contribution in [3.05, 3.63) is 87.3 Å². The Hall–Kier alpha value is -3.39. The predicted molar refractivity (Wildman–Crippen MR) is 108 cm³/mol. The molecule has 3 aromatic rings. The number of aromatic nitrogens is 2. The van der Waals surface area contributed by atoms with Gasteiger partial charge in [0.05, 0.1) is 0 Å². The zero-order valence-corrected chi connectivity index (χ0v) is 16.4. The van der Waals surface area contributed by atoms with Gasteiger partial charge in [0.1, 0.15) is 24.0 Å². The molecule has 0 unspecified atom stereocenters. The van der Waals surface area contributed by atoms with E-state index in [2.05, 4.69) is 10.3 Å². The fourth-order valence-corrected chi connectivity index (χ4v) is 3.13. The molecule has 0 saturated heterocycles. The van der Waals surface area contributed by atoms with Gasteiger partial charge in [-0.25, -0.2) is 13.8 Å². The van der Waals surface area contributed by atoms with Gasteiger partial charge in [0.2, 0.25) is 5.91 Å². The van der Waals surface area contributed by atoms with Crippen molar-refractivity contribution in [2.45, 2.75) is 26.4 Å². The van der Waals surface area contributed by atoms with Gasteiger partial charge in [-0.3, -0.25) is 14.2 Å². The molecule has 0 radical (unpaired) electrons. The third kappa shape index (κ3) is 4.77. The first-order valence-corrected chi connectivity index (χ1v) is 9.38. The van der Waals surface area contributed by atoms with Crippen molar-refractivity contribution in [2.75, 3.05) is 6.61 Å². The summed E-state index contributed by atoms with van der Waals surface area (Å²) in [6.07, 6.45) is 0.0813. The average Bonchev–Trinajstić information content (AvgIpc) is 2.72. The van der Waals surface area contributed by atoms with E-state index in [-0.39, 0.29) is 37.5 Å². The number of aryl methyl sites for hydroxylation is 1. The fraction of sp³-hybridized carbons (Fsp3) is 0.227. The van der Waals surface area contributed by atoms with Gasteiger partial charge < -0.3 is 10.4 Å². The summed E-state index contributed by atoms with van der Waals surface area (Å²) in [5, 5.41) is 11.8. The van der Waals surface area contributed by atoms with E-state index in [0.29, 0.717) is 16.8 Å². The van der Waals surface area contributed by atoms with E-state index >= 15 is 0 Å². The van der Waals surface area contributed by atoms with Crippen LogP contribution in [0.15, 0.2) is 53.3 Å². The Morgan fingerprint density at radius 3 is 2.63 bits per heavy atom. The van der Waals surface area contributed by atoms with Gasteiger partial charge in [0.25, 0.3) is 5.56 Å². The summed E-state index contributed by atoms with van der Waals surface area (Å²) in [6.45, 7) is 0.942. The number of nitrogens with zero attached hydrogens (tertiary/aromatic N) is 2. The standard InChI is InChI=1S/C22H21F2N3O3/c1-14-18(9-10-28)22(30)27(21(26-14)15-6-4-7-17(23)11-15)13-20(29)25-12-16-5-2-3-8-19(16)24/h2-8,11,28H,9-10,12-13H2,1H3,(H,25,29). The number of amides is 1. The van der Waals surface area contributed by atoms with Gasteiger partial charge in [-0.1, -0.05) is 30.3 Å². The highest BCUT2D eigenvalue weighted by molar-refractivity contribution is 5.76. The number of aliphatic hydroxyl groups is 1. The normalized spacial score (nSPS) is 10.8. The molecule has 0 bridgehead atoms. The summed E-state index contributed by atoms with van der Waals surface area (Å²) in [5.74, 6) is -1.34. The zero-order chi connectivity index (χ0) is 21.7. The van der Waals surface area contributed by atoms with E-state index < -0.39 is 23.1 Å². The summed E-state index contributed by atoms with van der Waals surface area (Å²) in [4.78, 5) is 29.9. The van der Waals surface area contributed by atoms with Crippen LogP contribution in [0.2, 0.25) is 0 Å². The smallest absolute Gasteiger partial charge is 0.257 e. The van der Waals surface area contributed by atoms with Crippen molar-refractivity contribution in [1.82, 2.24) is 14.9 Å². The number of carbonyl (C=O) groups is 1. The number of carbonyl (C=O) groups excluding carboxylic acids is 1. The summed E-state index contributed by atoms with van der Waals surface area (Å²) in [5.41, 5.74) is 0.840. The SMILES string of the molecule is Cc1nc(-c2cccc(F)c2)n(CC(=O)NCc2ccccc2F)c(=O)c1CCO. The molecule has 0 aliphatic carbocycles. The second-order valence-electron chi connectivity index (χ2n) is 6.74. The van der Waals surface area contributed by atoms with Crippen molar-refractivity contribution < 1.29 is 18.7 Å². The minimum Gasteiger partial charge on any atom is -0.396 e. The third-order valence-electron chi connectivity index (χ3n) is 4.65. The molecule has 6 nitrogen and oxygen atoms in total. The molecule has 2 aromatic carbocycles. The molecule has 0 aliphatic heterocycles. The van der Waals surface area contributed by atoms with Gasteiger partial charge >= 0.3 is 0 Å². The van der Waals surface area contributed by atoms with Crippen molar-refractivity contribution in [2.24, 2.45) is 0 Å². The molecule has 0 spiro atoms. The van der Waals surface area contributed by atoms with E-state index in [0.717, 1.165) is 4.57 Å². The molecule has 8 heteroatoms. The topological polar surface area (TPSA) is 84.2 Å². The van der Waals surface area contributed by atoms with E-state index in [4.69, 9.17) is 0 Å². The van der Waals surface area contributed by atoms with Crippen LogP contribution in [0.25, 0.3) is 11.4 Å². The number of aliphatic hydroxyl groups excluding tert-OH is 1. The van der Waals surface area contributed by atoms with Crippen molar-refractivity contribution >= 4 is 5.91 Å². The van der Waals surface area contributed by atoms with Gasteiger partial charge in [-0.2, -0.15) is 0 Å². The highest BCUT2D eigenvalue weighted by Crippen LogP contribution is 2.19. The maximum atomic E-state index is 13.8. The monoisotopic (exact) mass is 413 g/mol. The molecule has 2 N–H and O–H groups in total. The first-order chi connectivity index (χ1) is 14.4. The van der Waals surface area contributed by atoms with Crippen LogP contribution in [0.5, 0.6) is 0 Å². The van der Waals surface area contributed by atoms with E-state index in [1.807, 2.05) is 0 Å². The van der Waals surface area contributed by atoms with Crippen LogP contribution >= 0.6 is 0 Å². The van der Waals surface area contributed by atoms with Crippen molar-refractivity contribution in [3.8, 4) is 11.4 Å². The number of benzene rings is 2. The first kappa shape index (κ1) is 21.3. The minimum atomic E-state index is -0.529. The molecule has 0 aliphatic rings. The van der Waals surface area contributed by atoms with Crippen molar-refractivity contribution in [3.63, 3.8) is 0 Å². The second-order valence-corrected chi connectivity index (χ2v) is 6.74. The molecule has 1 amide bonds. The Balaban J connectivity index is 1.95. The van der Waals surface area contributed by atoms with Gasteiger partial charge in [0.15, 0.2) is 0 Å². The summed E-state index contributed by atoms with van der Waals surface area (Å²) in [6, 6.07) is 11.6. The molecular weight excluding hydrogens is 392 g/mol. The first-order valence-electron chi connectivity index (χ1n) is 9.38. The molecule has 0 saturated carbocycles. The maximum absolute atomic E-state index is 13.8. The lowest BCUT2D eigenvalue weighted by molar-refractivity contribution is -0.121. The quantitative estimate of drug-likeness (QED) is 0.623. The molecular formula is C22H21F2N3O3. The van der Waals surface area contributed by atoms with Crippen LogP contribution in [-0.2, 0) is 24.3 Å². The Kier molecular flexibility index (Phi) is 6.68. The second kappa shape index (κ2) is 9.41. The number of rotatable bonds is 7. The highest BCUT2D eigenvalue weighted by Gasteiger charge is 2.18. The van der Waals surface area contributed by atoms with Crippen LogP contribution in [0.4, 0.5) is 8.78 Å². The Morgan fingerprint density at radius 1 is 1.17 bits per heavy atom. The Morgan fingerprint density at radius 2 is 1.93 bits per heavy atom. The zero-order valence-electron chi connectivity index (χ0n) is 16.4. The van der Waals surface area contributed by atoms with Gasteiger partial charge in [-0.05, 0) is 25.1 Å². The predicted octanol–water partition coefficient (Wildman–Crippen LogP) is 2.35. The number of halogens is 2. The number of nitrogens with one attached hydrogen (secondary N) is 1. The summed E-state index contributed by atoms with van der Waals surface area (Å²) < 4.78 is 28.6. The highest BCUT2D eigenvalue weighted by atomic mass is 19.1. The van der Waals surface area contributed by atoms with Crippen LogP contribution in [0, 0.1) is 18.6 Å². The largest absolute Gasteiger partial charge is 0.396 e. The molecule has 0 fully saturated rings. The minimum absolute atomic E-state index is 0.0433. The van der Waals surface area contributed by atoms with Crippen LogP contribution in [-0.4, -0.2) is 27.2 Å². The van der Waals surface area contributed by atoms with Crippen molar-refractivity contribution in [1.29, 1.82) is 0 Å². The lowest BCUT2D eigenvalue weighted by Crippen LogP contribution is -2.35. The average molecular weight is 413 g/mol. The molecule has 1 aromatic heterocycles. The maximum Gasteiger partial charge on any atom is 0.257 e. The molecule has 30 heavy (non-hydrogen) atoms. The lowest BCUT2D eigenvalue weighted by atomic mass is 10.1. The summed E-state index contributed by atoms with van der Waals surface area (Å²) >= 11 is 0. The lowest BCUT2D eigenvalue weighted by Gasteiger charge is -2.16. The molecule has 0 atom stereocenters. The Labute approximate surface area is 171 Å². The van der Waals surface area contributed by atoms with E-state index in [1.165, 1.54) is 24.3 Å². The number of hydrogen-bond donors (Lipinski definition) is 2. The number of hydrogen-bond acceptors (Lipinski definition) is 4. The fourth-order valence-electron chi connectivity index (χ4n) is 3.13. The van der Waals surface area contributed by atoms with Gasteiger partial charge in [-0.15, -0.1) is 0 Å².